The number of carbonyl (C=O) groups is 6. The fourth-order valence-electron chi connectivity index (χ4n) is 6.16. The molecule has 6 atom stereocenters. The maximum atomic E-state index is 14.2. The second-order valence-electron chi connectivity index (χ2n) is 13.9. The van der Waals surface area contributed by atoms with Crippen LogP contribution in [0.1, 0.15) is 72.3 Å². The molecule has 12 heteroatoms. The zero-order chi connectivity index (χ0) is 33.9. The maximum Gasteiger partial charge on any atom is 0.316 e. The first kappa shape index (κ1) is 35.4. The minimum atomic E-state index is -1.06. The maximum absolute atomic E-state index is 14.2. The first-order chi connectivity index (χ1) is 21.0. The summed E-state index contributed by atoms with van der Waals surface area (Å²) in [6.45, 7) is 18.7. The second kappa shape index (κ2) is 13.9. The summed E-state index contributed by atoms with van der Waals surface area (Å²) in [5, 5.41) is 10.7. The molecule has 2 heterocycles. The van der Waals surface area contributed by atoms with E-state index in [0.29, 0.717) is 6.54 Å². The van der Waals surface area contributed by atoms with Crippen molar-refractivity contribution in [1.82, 2.24) is 31.2 Å². The second-order valence-corrected chi connectivity index (χ2v) is 13.9. The number of urea groups is 1. The van der Waals surface area contributed by atoms with Crippen molar-refractivity contribution in [3.8, 4) is 0 Å². The van der Waals surface area contributed by atoms with E-state index in [9.17, 15) is 28.8 Å². The molecule has 1 aromatic rings. The largest absolute Gasteiger partial charge is 0.346 e. The number of amides is 5. The van der Waals surface area contributed by atoms with Gasteiger partial charge in [-0.15, -0.1) is 6.58 Å². The summed E-state index contributed by atoms with van der Waals surface area (Å²) in [7, 11) is 0. The zero-order valence-corrected chi connectivity index (χ0v) is 27.6. The highest BCUT2D eigenvalue weighted by atomic mass is 16.2. The number of aromatic nitrogens is 1. The number of hydrogen-bond donors (Lipinski definition) is 4. The normalized spacial score (nSPS) is 21.9. The van der Waals surface area contributed by atoms with Crippen LogP contribution in [0.25, 0.3) is 0 Å². The molecule has 1 aliphatic carbocycles. The Morgan fingerprint density at radius 2 is 1.76 bits per heavy atom. The summed E-state index contributed by atoms with van der Waals surface area (Å²) in [4.78, 5) is 85.1. The van der Waals surface area contributed by atoms with E-state index in [2.05, 4.69) is 32.8 Å². The monoisotopic (exact) mass is 624 g/mol. The van der Waals surface area contributed by atoms with Gasteiger partial charge in [0.15, 0.2) is 0 Å². The molecule has 12 nitrogen and oxygen atoms in total. The number of pyridine rings is 1. The molecule has 0 radical (unpaired) electrons. The van der Waals surface area contributed by atoms with Crippen LogP contribution in [0.4, 0.5) is 4.79 Å². The van der Waals surface area contributed by atoms with Crippen LogP contribution in [0.5, 0.6) is 0 Å². The number of nitrogens with one attached hydrogen (secondary N) is 4. The van der Waals surface area contributed by atoms with Crippen molar-refractivity contribution < 1.29 is 28.8 Å². The highest BCUT2D eigenvalue weighted by Gasteiger charge is 2.69. The fourth-order valence-corrected chi connectivity index (χ4v) is 6.16. The first-order valence-electron chi connectivity index (χ1n) is 15.5. The molecule has 0 spiro atoms. The molecule has 1 saturated heterocycles. The van der Waals surface area contributed by atoms with Crippen LogP contribution in [0.2, 0.25) is 0 Å². The lowest BCUT2D eigenvalue weighted by molar-refractivity contribution is -0.145. The summed E-state index contributed by atoms with van der Waals surface area (Å²) in [5.74, 6) is -3.27. The lowest BCUT2D eigenvalue weighted by Gasteiger charge is -2.38. The van der Waals surface area contributed by atoms with Crippen LogP contribution in [-0.4, -0.2) is 82.5 Å². The van der Waals surface area contributed by atoms with Gasteiger partial charge in [-0.3, -0.25) is 29.0 Å². The quantitative estimate of drug-likeness (QED) is 0.148. The van der Waals surface area contributed by atoms with Crippen LogP contribution in [0, 0.1) is 28.6 Å². The highest BCUT2D eigenvalue weighted by Crippen LogP contribution is 2.65. The van der Waals surface area contributed by atoms with E-state index in [1.165, 1.54) is 17.2 Å². The van der Waals surface area contributed by atoms with Crippen LogP contribution in [0.3, 0.4) is 0 Å². The van der Waals surface area contributed by atoms with E-state index in [1.807, 2.05) is 13.8 Å². The third-order valence-electron chi connectivity index (χ3n) is 8.97. The molecule has 1 saturated carbocycles. The molecule has 246 valence electrons. The topological polar surface area (TPSA) is 167 Å². The number of carbonyl (C=O) groups excluding carboxylic acids is 6. The highest BCUT2D eigenvalue weighted by molar-refractivity contribution is 6.38. The number of likely N-dealkylation sites (tertiary alicyclic amines) is 1. The summed E-state index contributed by atoms with van der Waals surface area (Å²) >= 11 is 0. The summed E-state index contributed by atoms with van der Waals surface area (Å²) in [6.07, 6.45) is 3.14. The number of nitrogens with zero attached hydrogens (tertiary/aromatic N) is 2. The number of ketones is 2. The Kier molecular flexibility index (Phi) is 10.9. The van der Waals surface area contributed by atoms with Crippen molar-refractivity contribution in [2.24, 2.45) is 28.6 Å². The summed E-state index contributed by atoms with van der Waals surface area (Å²) < 4.78 is 0. The standard InChI is InChI=1S/C33H48N6O6/c1-10-15-35-29(43)26(41)20(11-2)36-28(42)24-22-19(33(22,8)9)17-39(24)30(44)27(32(5,6)7)38-31(45)37-23(18(3)4)25(40)21-14-12-13-16-34-21/h10,12-14,16,18-20,22-24,27H,1,11,15,17H2,2-9H3,(H,35,43)(H,36,42)(H2,37,38,45)/t19-,20?,22-,23-,24-,27+/m0/s1. The average Bonchev–Trinajstić information content (AvgIpc) is 3.29. The number of piperidine rings is 1. The van der Waals surface area contributed by atoms with E-state index in [0.717, 1.165) is 0 Å². The van der Waals surface area contributed by atoms with Crippen molar-refractivity contribution in [1.29, 1.82) is 0 Å². The predicted molar refractivity (Wildman–Crippen MR) is 169 cm³/mol. The molecular weight excluding hydrogens is 576 g/mol. The van der Waals surface area contributed by atoms with Crippen molar-refractivity contribution in [3.05, 3.63) is 42.7 Å². The minimum Gasteiger partial charge on any atom is -0.346 e. The van der Waals surface area contributed by atoms with Gasteiger partial charge in [-0.1, -0.05) is 67.5 Å². The number of rotatable bonds is 13. The van der Waals surface area contributed by atoms with E-state index in [4.69, 9.17) is 0 Å². The third-order valence-corrected chi connectivity index (χ3v) is 8.97. The van der Waals surface area contributed by atoms with Gasteiger partial charge in [-0.05, 0) is 47.1 Å². The van der Waals surface area contributed by atoms with Crippen LogP contribution in [0.15, 0.2) is 37.1 Å². The molecule has 3 rings (SSSR count). The molecule has 2 fully saturated rings. The van der Waals surface area contributed by atoms with Crippen molar-refractivity contribution in [2.75, 3.05) is 13.1 Å². The molecule has 1 aromatic heterocycles. The lowest BCUT2D eigenvalue weighted by Crippen LogP contribution is -2.62. The molecule has 5 amide bonds. The van der Waals surface area contributed by atoms with Crippen LogP contribution >= 0.6 is 0 Å². The van der Waals surface area contributed by atoms with E-state index in [1.54, 1.807) is 59.7 Å². The van der Waals surface area contributed by atoms with E-state index < -0.39 is 59.1 Å². The van der Waals surface area contributed by atoms with E-state index in [-0.39, 0.29) is 47.6 Å². The number of Topliss-reactive ketones (excluding diaryl/α,β-unsaturated/α-hetero) is 2. The third kappa shape index (κ3) is 7.77. The van der Waals surface area contributed by atoms with Gasteiger partial charge in [0.1, 0.15) is 17.8 Å². The van der Waals surface area contributed by atoms with Crippen molar-refractivity contribution in [3.63, 3.8) is 0 Å². The van der Waals surface area contributed by atoms with Gasteiger partial charge in [-0.25, -0.2) is 4.79 Å². The fraction of sp³-hybridized carbons (Fsp3) is 0.606. The Bertz CT molecular complexity index is 1320. The number of fused-ring (bicyclic) bond motifs is 1. The summed E-state index contributed by atoms with van der Waals surface area (Å²) in [5.41, 5.74) is -0.749. The predicted octanol–water partition coefficient (Wildman–Crippen LogP) is 2.25. The smallest absolute Gasteiger partial charge is 0.316 e. The molecule has 2 aliphatic rings. The van der Waals surface area contributed by atoms with Gasteiger partial charge in [0.05, 0.1) is 12.1 Å². The van der Waals surface area contributed by atoms with Gasteiger partial charge in [-0.2, -0.15) is 0 Å². The first-order valence-corrected chi connectivity index (χ1v) is 15.5. The molecular formula is C33H48N6O6. The Hall–Kier alpha value is -4.09. The van der Waals surface area contributed by atoms with Gasteiger partial charge < -0.3 is 26.2 Å². The Balaban J connectivity index is 1.81. The SMILES string of the molecule is C=CCNC(=O)C(=O)C(CC)NC(=O)[C@@H]1[C@@H]2[C@H](CN1C(=O)[C@@H](NC(=O)N[C@H](C(=O)c1ccccn1)C(C)C)C(C)(C)C)C2(C)C. The molecule has 45 heavy (non-hydrogen) atoms. The van der Waals surface area contributed by atoms with Crippen molar-refractivity contribution >= 4 is 35.3 Å². The molecule has 1 unspecified atom stereocenters. The molecule has 0 bridgehead atoms. The Morgan fingerprint density at radius 3 is 2.29 bits per heavy atom. The van der Waals surface area contributed by atoms with Gasteiger partial charge in [0.25, 0.3) is 5.91 Å². The van der Waals surface area contributed by atoms with Crippen LogP contribution in [-0.2, 0) is 19.2 Å². The lowest BCUT2D eigenvalue weighted by atomic mass is 9.85. The van der Waals surface area contributed by atoms with Gasteiger partial charge in [0.2, 0.25) is 23.4 Å². The van der Waals surface area contributed by atoms with Crippen LogP contribution < -0.4 is 21.3 Å². The number of hydrogen-bond acceptors (Lipinski definition) is 7. The van der Waals surface area contributed by atoms with E-state index >= 15 is 0 Å². The molecule has 4 N–H and O–H groups in total. The van der Waals surface area contributed by atoms with Crippen molar-refractivity contribution in [2.45, 2.75) is 86.0 Å². The summed E-state index contributed by atoms with van der Waals surface area (Å²) in [6, 6.07) is 0.386. The molecule has 1 aliphatic heterocycles. The Labute approximate surface area is 265 Å². The van der Waals surface area contributed by atoms with Gasteiger partial charge in [0, 0.05) is 19.3 Å². The average molecular weight is 625 g/mol. The minimum absolute atomic E-state index is 0.0552. The van der Waals surface area contributed by atoms with Gasteiger partial charge >= 0.3 is 6.03 Å². The zero-order valence-electron chi connectivity index (χ0n) is 27.6. The molecule has 0 aromatic carbocycles. The Morgan fingerprint density at radius 1 is 1.09 bits per heavy atom.